The smallest absolute Gasteiger partial charge is 0.193 e. The predicted molar refractivity (Wildman–Crippen MR) is 85.4 cm³/mol. The summed E-state index contributed by atoms with van der Waals surface area (Å²) in [5.74, 6) is 0.0752. The number of carbonyl (C=O) groups is 1. The molecule has 0 N–H and O–H groups in total. The van der Waals surface area contributed by atoms with Crippen LogP contribution in [-0.4, -0.2) is 14.6 Å². The first kappa shape index (κ1) is 15.1. The van der Waals surface area contributed by atoms with Gasteiger partial charge in [0.25, 0.3) is 0 Å². The minimum absolute atomic E-state index is 0.0752. The predicted octanol–water partition coefficient (Wildman–Crippen LogP) is 4.12. The Morgan fingerprint density at radius 2 is 1.21 bits per heavy atom. The highest BCUT2D eigenvalue weighted by atomic mass is 28.3. The van der Waals surface area contributed by atoms with Gasteiger partial charge in [-0.25, -0.2) is 0 Å². The molecule has 0 bridgehead atoms. The largest absolute Gasteiger partial charge is 0.289 e. The fraction of sp³-hybridized carbons (Fsp3) is 0.118. The van der Waals surface area contributed by atoms with E-state index >= 15 is 0 Å². The zero-order valence-corrected chi connectivity index (χ0v) is 12.7. The summed E-state index contributed by atoms with van der Waals surface area (Å²) in [4.78, 5) is 11.8. The van der Waals surface area contributed by atoms with Crippen LogP contribution in [0.3, 0.4) is 0 Å². The molecule has 0 aliphatic rings. The van der Waals surface area contributed by atoms with Gasteiger partial charge in [0.1, 0.15) is 0 Å². The molecule has 19 heavy (non-hydrogen) atoms. The van der Waals surface area contributed by atoms with Gasteiger partial charge in [-0.05, 0) is 0 Å². The summed E-state index contributed by atoms with van der Waals surface area (Å²) >= 11 is 0. The van der Waals surface area contributed by atoms with Crippen LogP contribution in [0.25, 0.3) is 0 Å². The summed E-state index contributed by atoms with van der Waals surface area (Å²) in [7, 11) is -0.386. The van der Waals surface area contributed by atoms with Gasteiger partial charge in [0.15, 0.2) is 5.78 Å². The monoisotopic (exact) mass is 268 g/mol. The molecule has 2 rings (SSSR count). The summed E-state index contributed by atoms with van der Waals surface area (Å²) in [5, 5.41) is 0. The molecular formula is C17H20OSi. The molecule has 2 aromatic rings. The molecule has 2 heteroatoms. The van der Waals surface area contributed by atoms with E-state index in [1.165, 1.54) is 0 Å². The van der Waals surface area contributed by atoms with Gasteiger partial charge in [0, 0.05) is 11.1 Å². The lowest BCUT2D eigenvalue weighted by Gasteiger charge is -1.99. The van der Waals surface area contributed by atoms with Gasteiger partial charge < -0.3 is 0 Å². The molecule has 0 unspecified atom stereocenters. The third-order valence-corrected chi connectivity index (χ3v) is 3.49. The molecule has 0 aromatic heterocycles. The molecule has 2 aromatic carbocycles. The first-order valence-corrected chi connectivity index (χ1v) is 9.40. The van der Waals surface area contributed by atoms with E-state index in [4.69, 9.17) is 0 Å². The summed E-state index contributed by atoms with van der Waals surface area (Å²) in [6, 6.07) is 18.6. The van der Waals surface area contributed by atoms with Crippen LogP contribution in [-0.2, 0) is 0 Å². The maximum atomic E-state index is 11.8. The van der Waals surface area contributed by atoms with Crippen molar-refractivity contribution in [2.75, 3.05) is 0 Å². The van der Waals surface area contributed by atoms with Gasteiger partial charge in [-0.2, -0.15) is 0 Å². The molecule has 1 nitrogen and oxygen atoms in total. The summed E-state index contributed by atoms with van der Waals surface area (Å²) < 4.78 is 0. The normalized spacial score (nSPS) is 9.42. The Labute approximate surface area is 117 Å². The van der Waals surface area contributed by atoms with Crippen LogP contribution in [0.15, 0.2) is 72.9 Å². The zero-order valence-electron chi connectivity index (χ0n) is 11.5. The number of hydrogen-bond donors (Lipinski definition) is 0. The molecule has 0 spiro atoms. The van der Waals surface area contributed by atoms with Gasteiger partial charge in [-0.15, -0.1) is 12.3 Å². The minimum Gasteiger partial charge on any atom is -0.289 e. The van der Waals surface area contributed by atoms with Gasteiger partial charge in [-0.1, -0.05) is 73.8 Å². The second-order valence-corrected chi connectivity index (χ2v) is 7.50. The molecule has 0 amide bonds. The molecule has 0 heterocycles. The first-order valence-electron chi connectivity index (χ1n) is 6.42. The number of ketones is 1. The van der Waals surface area contributed by atoms with Crippen molar-refractivity contribution in [2.45, 2.75) is 13.1 Å². The van der Waals surface area contributed by atoms with Gasteiger partial charge in [0.2, 0.25) is 0 Å². The van der Waals surface area contributed by atoms with Crippen molar-refractivity contribution in [3.63, 3.8) is 0 Å². The summed E-state index contributed by atoms with van der Waals surface area (Å²) in [6.45, 7) is 8.11. The number of benzene rings is 2. The van der Waals surface area contributed by atoms with Crippen LogP contribution in [0.5, 0.6) is 0 Å². The number of rotatable bonds is 3. The van der Waals surface area contributed by atoms with Crippen molar-refractivity contribution in [1.82, 2.24) is 0 Å². The highest BCUT2D eigenvalue weighted by Gasteiger charge is 2.06. The van der Waals surface area contributed by atoms with Crippen LogP contribution in [0.4, 0.5) is 0 Å². The van der Waals surface area contributed by atoms with E-state index in [2.05, 4.69) is 25.4 Å². The average molecular weight is 268 g/mol. The Morgan fingerprint density at radius 3 is 1.47 bits per heavy atom. The van der Waals surface area contributed by atoms with Crippen molar-refractivity contribution >= 4 is 14.6 Å². The molecule has 0 saturated heterocycles. The molecule has 98 valence electrons. The summed E-state index contributed by atoms with van der Waals surface area (Å²) in [5.41, 5.74) is 3.53. The molecule has 0 fully saturated rings. The van der Waals surface area contributed by atoms with Gasteiger partial charge in [0.05, 0.1) is 8.80 Å². The van der Waals surface area contributed by atoms with Crippen LogP contribution >= 0.6 is 0 Å². The zero-order chi connectivity index (χ0) is 14.1. The highest BCUT2D eigenvalue weighted by Crippen LogP contribution is 2.08. The standard InChI is InChI=1S/C13H10O.C4H10Si/c14-13(11-7-3-1-4-8-11)12-9-5-2-6-10-12;1-4-5(2)3/h1-10H;4-5H,1H2,2-3H3. The quantitative estimate of drug-likeness (QED) is 0.604. The number of carbonyl (C=O) groups excluding carboxylic acids is 1. The topological polar surface area (TPSA) is 17.1 Å². The van der Waals surface area contributed by atoms with Crippen molar-refractivity contribution in [3.05, 3.63) is 84.1 Å². The van der Waals surface area contributed by atoms with Crippen molar-refractivity contribution in [2.24, 2.45) is 0 Å². The van der Waals surface area contributed by atoms with Crippen LogP contribution < -0.4 is 0 Å². The van der Waals surface area contributed by atoms with Crippen molar-refractivity contribution < 1.29 is 4.79 Å². The van der Waals surface area contributed by atoms with Gasteiger partial charge in [-0.3, -0.25) is 4.79 Å². The van der Waals surface area contributed by atoms with E-state index in [0.29, 0.717) is 0 Å². The van der Waals surface area contributed by atoms with Crippen molar-refractivity contribution in [1.29, 1.82) is 0 Å². The van der Waals surface area contributed by atoms with E-state index in [1.54, 1.807) is 0 Å². The molecule has 0 aliphatic heterocycles. The van der Waals surface area contributed by atoms with E-state index in [1.807, 2.05) is 60.7 Å². The molecule has 0 radical (unpaired) electrons. The lowest BCUT2D eigenvalue weighted by atomic mass is 10.0. The Hall–Kier alpha value is -1.93. The maximum absolute atomic E-state index is 11.8. The second-order valence-electron chi connectivity index (χ2n) is 4.54. The SMILES string of the molecule is C=C[SiH](C)C.O=C(c1ccccc1)c1ccccc1. The Morgan fingerprint density at radius 1 is 0.895 bits per heavy atom. The Bertz CT molecular complexity index is 462. The first-order chi connectivity index (χ1) is 9.15. The highest BCUT2D eigenvalue weighted by molar-refractivity contribution is 6.61. The third kappa shape index (κ3) is 5.49. The van der Waals surface area contributed by atoms with E-state index < -0.39 is 0 Å². The lowest BCUT2D eigenvalue weighted by Crippen LogP contribution is -1.99. The molecule has 0 aliphatic carbocycles. The number of hydrogen-bond acceptors (Lipinski definition) is 1. The van der Waals surface area contributed by atoms with Crippen LogP contribution in [0.1, 0.15) is 15.9 Å². The minimum atomic E-state index is -0.386. The Kier molecular flexibility index (Phi) is 6.54. The van der Waals surface area contributed by atoms with Crippen LogP contribution in [0.2, 0.25) is 13.1 Å². The van der Waals surface area contributed by atoms with Crippen molar-refractivity contribution in [3.8, 4) is 0 Å². The summed E-state index contributed by atoms with van der Waals surface area (Å²) in [6.07, 6.45) is 0. The fourth-order valence-electron chi connectivity index (χ4n) is 1.35. The fourth-order valence-corrected chi connectivity index (χ4v) is 1.35. The van der Waals surface area contributed by atoms with Crippen LogP contribution in [0, 0.1) is 0 Å². The third-order valence-electron chi connectivity index (χ3n) is 2.54. The lowest BCUT2D eigenvalue weighted by molar-refractivity contribution is 0.103. The van der Waals surface area contributed by atoms with E-state index in [9.17, 15) is 4.79 Å². The second kappa shape index (κ2) is 8.22. The molecule has 0 atom stereocenters. The van der Waals surface area contributed by atoms with Gasteiger partial charge >= 0.3 is 0 Å². The average Bonchev–Trinajstić information content (AvgIpc) is 2.49. The molecular weight excluding hydrogens is 248 g/mol. The Balaban J connectivity index is 0.000000312. The maximum Gasteiger partial charge on any atom is 0.193 e. The molecule has 0 saturated carbocycles. The van der Waals surface area contributed by atoms with E-state index in [-0.39, 0.29) is 14.6 Å². The van der Waals surface area contributed by atoms with E-state index in [0.717, 1.165) is 11.1 Å².